The zero-order chi connectivity index (χ0) is 47.7. The third-order valence-corrected chi connectivity index (χ3v) is 11.3. The average molecular weight is 915 g/mol. The molecule has 0 radical (unpaired) electrons. The first kappa shape index (κ1) is 62.6. The average Bonchev–Trinajstić information content (AvgIpc) is 3.32. The lowest BCUT2D eigenvalue weighted by atomic mass is 10.1. The summed E-state index contributed by atoms with van der Waals surface area (Å²) in [7, 11) is 0. The zero-order valence-corrected chi connectivity index (χ0v) is 43.2. The van der Waals surface area contributed by atoms with E-state index in [1.54, 1.807) is 0 Å². The predicted molar refractivity (Wildman–Crippen MR) is 288 cm³/mol. The smallest absolute Gasteiger partial charge is 0.310 e. The minimum absolute atomic E-state index is 0.0309. The van der Waals surface area contributed by atoms with Gasteiger partial charge in [-0.1, -0.05) is 226 Å². The Labute approximate surface area is 408 Å². The van der Waals surface area contributed by atoms with E-state index in [2.05, 4.69) is 118 Å². The first-order valence-electron chi connectivity index (χ1n) is 27.4. The zero-order valence-electron chi connectivity index (χ0n) is 43.2. The molecule has 66 heavy (non-hydrogen) atoms. The van der Waals surface area contributed by atoms with Gasteiger partial charge in [-0.3, -0.25) is 9.59 Å². The van der Waals surface area contributed by atoms with Crippen LogP contribution in [0.5, 0.6) is 0 Å². The van der Waals surface area contributed by atoms with Crippen LogP contribution in [0, 0.1) is 0 Å². The Bertz CT molecular complexity index is 1310. The van der Waals surface area contributed by atoms with Crippen molar-refractivity contribution < 1.29 is 23.8 Å². The summed E-state index contributed by atoms with van der Waals surface area (Å²) < 4.78 is 17.3. The molecule has 0 aromatic heterocycles. The molecule has 0 fully saturated rings. The highest BCUT2D eigenvalue weighted by Gasteiger charge is 2.17. The maximum absolute atomic E-state index is 12.8. The number of esters is 2. The molecule has 0 heterocycles. The molecule has 0 aromatic rings. The van der Waals surface area contributed by atoms with Gasteiger partial charge in [-0.05, 0) is 109 Å². The quantitative estimate of drug-likeness (QED) is 0.0346. The van der Waals surface area contributed by atoms with Gasteiger partial charge in [-0.2, -0.15) is 0 Å². The van der Waals surface area contributed by atoms with E-state index in [1.165, 1.54) is 122 Å². The number of rotatable bonds is 49. The van der Waals surface area contributed by atoms with E-state index in [-0.39, 0.29) is 31.6 Å². The highest BCUT2D eigenvalue weighted by Crippen LogP contribution is 2.13. The van der Waals surface area contributed by atoms with Crippen LogP contribution in [0.3, 0.4) is 0 Å². The number of unbranched alkanes of at least 4 members (excludes halogenated alkanes) is 21. The van der Waals surface area contributed by atoms with E-state index in [0.29, 0.717) is 13.0 Å². The molecule has 376 valence electrons. The molecular weight excluding hydrogens is 813 g/mol. The van der Waals surface area contributed by atoms with Gasteiger partial charge in [0.05, 0.1) is 13.0 Å². The highest BCUT2D eigenvalue weighted by molar-refractivity contribution is 5.71. The van der Waals surface area contributed by atoms with Crippen LogP contribution >= 0.6 is 0 Å². The van der Waals surface area contributed by atoms with Crippen molar-refractivity contribution in [3.05, 3.63) is 109 Å². The molecular formula is C61H102O5. The molecule has 0 saturated heterocycles. The van der Waals surface area contributed by atoms with E-state index < -0.39 is 6.10 Å². The van der Waals surface area contributed by atoms with E-state index >= 15 is 0 Å². The number of ether oxygens (including phenoxy) is 3. The Balaban J connectivity index is 4.42. The van der Waals surface area contributed by atoms with Crippen molar-refractivity contribution in [3.63, 3.8) is 0 Å². The molecule has 0 aliphatic carbocycles. The number of carbonyl (C=O) groups is 2. The minimum atomic E-state index is -0.606. The van der Waals surface area contributed by atoms with Crippen molar-refractivity contribution in [1.29, 1.82) is 0 Å². The third-order valence-electron chi connectivity index (χ3n) is 11.3. The monoisotopic (exact) mass is 915 g/mol. The van der Waals surface area contributed by atoms with Crippen molar-refractivity contribution in [2.24, 2.45) is 0 Å². The predicted octanol–water partition coefficient (Wildman–Crippen LogP) is 18.8. The van der Waals surface area contributed by atoms with E-state index in [9.17, 15) is 9.59 Å². The molecule has 0 aliphatic rings. The van der Waals surface area contributed by atoms with Crippen LogP contribution < -0.4 is 0 Å². The van der Waals surface area contributed by atoms with Crippen LogP contribution in [0.25, 0.3) is 0 Å². The SMILES string of the molecule is CC/C=C\C/C=C\C/C=C\C/C=C\C/C=C\CC(=O)OC(COCCCCCCCC/C=C\CCCCCCCC)COC(=O)CCCCCCCC/C=C\C/C=C\C/C=C\CCCCC. The molecule has 5 nitrogen and oxygen atoms in total. The van der Waals surface area contributed by atoms with Crippen molar-refractivity contribution in [2.45, 2.75) is 245 Å². The van der Waals surface area contributed by atoms with Gasteiger partial charge in [0, 0.05) is 13.0 Å². The lowest BCUT2D eigenvalue weighted by molar-refractivity contribution is -0.162. The topological polar surface area (TPSA) is 61.8 Å². The molecule has 0 aromatic carbocycles. The molecule has 5 heteroatoms. The molecule has 0 amide bonds. The number of hydrogen-bond acceptors (Lipinski definition) is 5. The first-order chi connectivity index (χ1) is 32.6. The Hall–Kier alpha value is -3.44. The van der Waals surface area contributed by atoms with Crippen molar-refractivity contribution in [1.82, 2.24) is 0 Å². The fraction of sp³-hybridized carbons (Fsp3) is 0.672. The van der Waals surface area contributed by atoms with Gasteiger partial charge < -0.3 is 14.2 Å². The Morgan fingerprint density at radius 1 is 0.364 bits per heavy atom. The summed E-state index contributed by atoms with van der Waals surface area (Å²) in [4.78, 5) is 25.4. The molecule has 0 N–H and O–H groups in total. The van der Waals surface area contributed by atoms with E-state index in [0.717, 1.165) is 83.5 Å². The lowest BCUT2D eigenvalue weighted by Gasteiger charge is -2.18. The fourth-order valence-corrected chi connectivity index (χ4v) is 7.23. The fourth-order valence-electron chi connectivity index (χ4n) is 7.23. The molecule has 0 rings (SSSR count). The van der Waals surface area contributed by atoms with E-state index in [1.807, 2.05) is 12.2 Å². The number of allylic oxidation sites excluding steroid dienone is 17. The summed E-state index contributed by atoms with van der Waals surface area (Å²) in [5.74, 6) is -0.563. The van der Waals surface area contributed by atoms with Gasteiger partial charge in [-0.15, -0.1) is 0 Å². The molecule has 0 saturated carbocycles. The van der Waals surface area contributed by atoms with Gasteiger partial charge in [0.15, 0.2) is 6.10 Å². The summed E-state index contributed by atoms with van der Waals surface area (Å²) in [6, 6.07) is 0. The number of hydrogen-bond donors (Lipinski definition) is 0. The van der Waals surface area contributed by atoms with Crippen LogP contribution in [-0.2, 0) is 23.8 Å². The number of carbonyl (C=O) groups excluding carboxylic acids is 2. The van der Waals surface area contributed by atoms with Crippen LogP contribution in [0.15, 0.2) is 109 Å². The summed E-state index contributed by atoms with van der Waals surface area (Å²) in [5, 5.41) is 0. The Kier molecular flexibility index (Phi) is 53.0. The molecule has 0 bridgehead atoms. The van der Waals surface area contributed by atoms with Crippen molar-refractivity contribution in [2.75, 3.05) is 19.8 Å². The van der Waals surface area contributed by atoms with E-state index in [4.69, 9.17) is 14.2 Å². The molecule has 1 unspecified atom stereocenters. The minimum Gasteiger partial charge on any atom is -0.462 e. The van der Waals surface area contributed by atoms with Crippen LogP contribution in [0.1, 0.15) is 239 Å². The summed E-state index contributed by atoms with van der Waals surface area (Å²) >= 11 is 0. The largest absolute Gasteiger partial charge is 0.462 e. The van der Waals surface area contributed by atoms with Crippen LogP contribution in [-0.4, -0.2) is 37.9 Å². The van der Waals surface area contributed by atoms with Gasteiger partial charge in [0.25, 0.3) is 0 Å². The standard InChI is InChI=1S/C61H102O5/c1-4-7-10-13-16-19-22-25-28-30-31-32-34-36-39-42-45-48-51-54-60(62)65-58-59(57-64-56-53-50-47-44-41-38-35-29-26-23-20-17-14-11-8-5-2)66-61(63)55-52-49-46-43-40-37-33-27-24-21-18-15-12-9-6-3/h9,12,16,18-19,21,25-29,31-33,40,43,49,52,59H,4-8,10-11,13-15,17,20,22-24,30,34-39,41-42,44-48,50-51,53-58H2,1-3H3/b12-9-,19-16-,21-18-,28-25-,29-26-,32-31-,33-27-,43-40-,52-49-. The molecule has 1 atom stereocenters. The van der Waals surface area contributed by atoms with Gasteiger partial charge in [0.1, 0.15) is 6.61 Å². The summed E-state index contributed by atoms with van der Waals surface area (Å²) in [5.41, 5.74) is 0. The Morgan fingerprint density at radius 2 is 0.727 bits per heavy atom. The summed E-state index contributed by atoms with van der Waals surface area (Å²) in [6.07, 6.45) is 77.0. The van der Waals surface area contributed by atoms with Crippen LogP contribution in [0.4, 0.5) is 0 Å². The molecule has 0 aliphatic heterocycles. The normalized spacial score (nSPS) is 13.1. The van der Waals surface area contributed by atoms with Gasteiger partial charge >= 0.3 is 11.9 Å². The lowest BCUT2D eigenvalue weighted by Crippen LogP contribution is -2.29. The van der Waals surface area contributed by atoms with Crippen molar-refractivity contribution >= 4 is 11.9 Å². The summed E-state index contributed by atoms with van der Waals surface area (Å²) in [6.45, 7) is 7.55. The second-order valence-electron chi connectivity index (χ2n) is 17.8. The van der Waals surface area contributed by atoms with Gasteiger partial charge in [-0.25, -0.2) is 0 Å². The maximum atomic E-state index is 12.8. The van der Waals surface area contributed by atoms with Crippen LogP contribution in [0.2, 0.25) is 0 Å². The third kappa shape index (κ3) is 53.2. The molecule has 0 spiro atoms. The second-order valence-corrected chi connectivity index (χ2v) is 17.8. The Morgan fingerprint density at radius 3 is 1.21 bits per heavy atom. The first-order valence-corrected chi connectivity index (χ1v) is 27.4. The highest BCUT2D eigenvalue weighted by atomic mass is 16.6. The second kappa shape index (κ2) is 55.9. The van der Waals surface area contributed by atoms with Crippen molar-refractivity contribution in [3.8, 4) is 0 Å². The van der Waals surface area contributed by atoms with Gasteiger partial charge in [0.2, 0.25) is 0 Å². The maximum Gasteiger partial charge on any atom is 0.310 e.